The molecule has 0 spiro atoms. The van der Waals surface area contributed by atoms with Crippen LogP contribution in [0, 0.1) is 6.92 Å². The molecule has 2 N–H and O–H groups in total. The molecule has 1 fully saturated rings. The van der Waals surface area contributed by atoms with Gasteiger partial charge in [0.1, 0.15) is 4.88 Å². The Hall–Kier alpha value is -1.59. The second-order valence-electron chi connectivity index (χ2n) is 6.00. The molecule has 2 heterocycles. The van der Waals surface area contributed by atoms with Crippen molar-refractivity contribution >= 4 is 33.0 Å². The average molecular weight is 303 g/mol. The minimum atomic E-state index is 0.0794. The number of carbonyl (C=O) groups excluding carboxylic acids is 1. The van der Waals surface area contributed by atoms with E-state index < -0.39 is 0 Å². The third-order valence-electron chi connectivity index (χ3n) is 4.26. The van der Waals surface area contributed by atoms with Gasteiger partial charge in [0.15, 0.2) is 0 Å². The van der Waals surface area contributed by atoms with Crippen molar-refractivity contribution in [1.29, 1.82) is 0 Å². The molecule has 3 rings (SSSR count). The van der Waals surface area contributed by atoms with Crippen molar-refractivity contribution in [3.8, 4) is 0 Å². The lowest BCUT2D eigenvalue weighted by Crippen LogP contribution is -2.34. The molecule has 21 heavy (non-hydrogen) atoms. The van der Waals surface area contributed by atoms with Gasteiger partial charge in [-0.25, -0.2) is 0 Å². The zero-order valence-electron chi connectivity index (χ0n) is 12.7. The molecule has 1 unspecified atom stereocenters. The molecular formula is C16H21N3OS. The summed E-state index contributed by atoms with van der Waals surface area (Å²) in [6.07, 6.45) is 1.03. The van der Waals surface area contributed by atoms with Crippen LogP contribution < -0.4 is 5.73 Å². The first-order valence-corrected chi connectivity index (χ1v) is 8.03. The Morgan fingerprint density at radius 3 is 2.86 bits per heavy atom. The van der Waals surface area contributed by atoms with Gasteiger partial charge in [-0.1, -0.05) is 12.1 Å². The lowest BCUT2D eigenvalue weighted by molar-refractivity contribution is 0.0789. The fraction of sp³-hybridized carbons (Fsp3) is 0.438. The van der Waals surface area contributed by atoms with Crippen LogP contribution in [0.25, 0.3) is 10.1 Å². The molecular weight excluding hydrogens is 282 g/mol. The highest BCUT2D eigenvalue weighted by atomic mass is 32.1. The summed E-state index contributed by atoms with van der Waals surface area (Å²) in [5.74, 6) is 0.0794. The van der Waals surface area contributed by atoms with E-state index in [1.165, 1.54) is 16.9 Å². The number of anilines is 1. The van der Waals surface area contributed by atoms with Gasteiger partial charge in [0.2, 0.25) is 0 Å². The first-order chi connectivity index (χ1) is 9.97. The summed E-state index contributed by atoms with van der Waals surface area (Å²) in [7, 11) is 4.13. The lowest BCUT2D eigenvalue weighted by atomic mass is 10.1. The number of likely N-dealkylation sites (N-methyl/N-ethyl adjacent to an activating group) is 1. The molecule has 1 aliphatic rings. The van der Waals surface area contributed by atoms with E-state index in [1.807, 2.05) is 17.0 Å². The van der Waals surface area contributed by atoms with E-state index in [-0.39, 0.29) is 5.91 Å². The number of benzene rings is 1. The van der Waals surface area contributed by atoms with Crippen LogP contribution in [0.3, 0.4) is 0 Å². The number of hydrogen-bond acceptors (Lipinski definition) is 4. The van der Waals surface area contributed by atoms with E-state index in [2.05, 4.69) is 32.0 Å². The monoisotopic (exact) mass is 303 g/mol. The van der Waals surface area contributed by atoms with Crippen molar-refractivity contribution in [2.24, 2.45) is 0 Å². The first kappa shape index (κ1) is 14.4. The van der Waals surface area contributed by atoms with Crippen LogP contribution in [-0.2, 0) is 0 Å². The van der Waals surface area contributed by atoms with Crippen molar-refractivity contribution in [2.75, 3.05) is 32.9 Å². The number of nitrogens with two attached hydrogens (primary N) is 1. The van der Waals surface area contributed by atoms with Gasteiger partial charge in [0.05, 0.1) is 5.69 Å². The quantitative estimate of drug-likeness (QED) is 0.927. The second kappa shape index (κ2) is 5.31. The number of nitrogens with zero attached hydrogens (tertiary/aromatic N) is 2. The van der Waals surface area contributed by atoms with E-state index in [0.717, 1.165) is 29.6 Å². The minimum absolute atomic E-state index is 0.0794. The van der Waals surface area contributed by atoms with Crippen molar-refractivity contribution in [2.45, 2.75) is 19.4 Å². The zero-order valence-corrected chi connectivity index (χ0v) is 13.5. The fourth-order valence-corrected chi connectivity index (χ4v) is 4.06. The number of nitrogen functional groups attached to an aromatic ring is 1. The molecule has 1 amide bonds. The molecule has 1 saturated heterocycles. The molecule has 0 aliphatic carbocycles. The molecule has 0 bridgehead atoms. The maximum atomic E-state index is 12.7. The Morgan fingerprint density at radius 1 is 1.43 bits per heavy atom. The highest BCUT2D eigenvalue weighted by Crippen LogP contribution is 2.35. The summed E-state index contributed by atoms with van der Waals surface area (Å²) in [5.41, 5.74) is 8.03. The SMILES string of the molecule is Cc1ccc2c(N)c(C(=O)N3CCC(N(C)C)C3)sc2c1. The molecule has 5 heteroatoms. The Balaban J connectivity index is 1.90. The Bertz CT molecular complexity index is 692. The molecule has 1 aromatic heterocycles. The van der Waals surface area contributed by atoms with Gasteiger partial charge in [-0.15, -0.1) is 11.3 Å². The summed E-state index contributed by atoms with van der Waals surface area (Å²) in [4.78, 5) is 17.5. The normalized spacial score (nSPS) is 18.9. The summed E-state index contributed by atoms with van der Waals surface area (Å²) in [5, 5.41) is 0.998. The standard InChI is InChI=1S/C16H21N3OS/c1-10-4-5-12-13(8-10)21-15(14(12)17)16(20)19-7-6-11(9-19)18(2)3/h4-5,8,11H,6-7,9,17H2,1-3H3. The maximum Gasteiger partial charge on any atom is 0.266 e. The highest BCUT2D eigenvalue weighted by Gasteiger charge is 2.30. The van der Waals surface area contributed by atoms with Crippen LogP contribution in [0.1, 0.15) is 21.7 Å². The number of rotatable bonds is 2. The second-order valence-corrected chi connectivity index (χ2v) is 7.05. The van der Waals surface area contributed by atoms with Crippen molar-refractivity contribution < 1.29 is 4.79 Å². The third-order valence-corrected chi connectivity index (χ3v) is 5.42. The number of amides is 1. The third kappa shape index (κ3) is 2.51. The van der Waals surface area contributed by atoms with Crippen LogP contribution in [0.2, 0.25) is 0 Å². The molecule has 112 valence electrons. The fourth-order valence-electron chi connectivity index (χ4n) is 2.87. The molecule has 0 saturated carbocycles. The van der Waals surface area contributed by atoms with E-state index in [9.17, 15) is 4.79 Å². The number of thiophene rings is 1. The van der Waals surface area contributed by atoms with Gasteiger partial charge >= 0.3 is 0 Å². The molecule has 1 aromatic carbocycles. The first-order valence-electron chi connectivity index (χ1n) is 7.21. The Labute approximate surface area is 129 Å². The van der Waals surface area contributed by atoms with Gasteiger partial charge in [0, 0.05) is 29.2 Å². The predicted molar refractivity (Wildman–Crippen MR) is 89.0 cm³/mol. The molecule has 4 nitrogen and oxygen atoms in total. The summed E-state index contributed by atoms with van der Waals surface area (Å²) in [6.45, 7) is 3.66. The highest BCUT2D eigenvalue weighted by molar-refractivity contribution is 7.21. The lowest BCUT2D eigenvalue weighted by Gasteiger charge is -2.20. The van der Waals surface area contributed by atoms with E-state index in [1.54, 1.807) is 0 Å². The van der Waals surface area contributed by atoms with Crippen molar-refractivity contribution in [3.05, 3.63) is 28.6 Å². The molecule has 0 radical (unpaired) electrons. The van der Waals surface area contributed by atoms with Crippen LogP contribution >= 0.6 is 11.3 Å². The molecule has 1 atom stereocenters. The van der Waals surface area contributed by atoms with Crippen LogP contribution in [-0.4, -0.2) is 48.9 Å². The molecule has 1 aliphatic heterocycles. The number of aryl methyl sites for hydroxylation is 1. The van der Waals surface area contributed by atoms with Crippen molar-refractivity contribution in [1.82, 2.24) is 9.80 Å². The summed E-state index contributed by atoms with van der Waals surface area (Å²) in [6, 6.07) is 6.60. The van der Waals surface area contributed by atoms with Gasteiger partial charge in [-0.05, 0) is 39.1 Å². The number of hydrogen-bond donors (Lipinski definition) is 1. The van der Waals surface area contributed by atoms with E-state index in [0.29, 0.717) is 16.6 Å². The van der Waals surface area contributed by atoms with E-state index >= 15 is 0 Å². The largest absolute Gasteiger partial charge is 0.397 e. The van der Waals surface area contributed by atoms with Gasteiger partial charge in [-0.2, -0.15) is 0 Å². The number of carbonyl (C=O) groups is 1. The van der Waals surface area contributed by atoms with Gasteiger partial charge < -0.3 is 15.5 Å². The minimum Gasteiger partial charge on any atom is -0.397 e. The van der Waals surface area contributed by atoms with Crippen molar-refractivity contribution in [3.63, 3.8) is 0 Å². The summed E-state index contributed by atoms with van der Waals surface area (Å²) < 4.78 is 1.10. The zero-order chi connectivity index (χ0) is 15.1. The topological polar surface area (TPSA) is 49.6 Å². The Kier molecular flexibility index (Phi) is 3.63. The molecule has 2 aromatic rings. The maximum absolute atomic E-state index is 12.7. The summed E-state index contributed by atoms with van der Waals surface area (Å²) >= 11 is 1.51. The van der Waals surface area contributed by atoms with Gasteiger partial charge in [0.25, 0.3) is 5.91 Å². The van der Waals surface area contributed by atoms with E-state index in [4.69, 9.17) is 5.73 Å². The number of likely N-dealkylation sites (tertiary alicyclic amines) is 1. The Morgan fingerprint density at radius 2 is 2.19 bits per heavy atom. The number of fused-ring (bicyclic) bond motifs is 1. The van der Waals surface area contributed by atoms with Crippen LogP contribution in [0.15, 0.2) is 18.2 Å². The predicted octanol–water partition coefficient (Wildman–Crippen LogP) is 2.57. The van der Waals surface area contributed by atoms with Crippen LogP contribution in [0.5, 0.6) is 0 Å². The van der Waals surface area contributed by atoms with Gasteiger partial charge in [-0.3, -0.25) is 4.79 Å². The van der Waals surface area contributed by atoms with Crippen LogP contribution in [0.4, 0.5) is 5.69 Å². The average Bonchev–Trinajstić information content (AvgIpc) is 3.03. The smallest absolute Gasteiger partial charge is 0.266 e.